The Kier molecular flexibility index (Phi) is 3.18. The number of H-pyrrole nitrogens is 1. The van der Waals surface area contributed by atoms with Crippen LogP contribution in [-0.4, -0.2) is 21.4 Å². The minimum absolute atomic E-state index is 0.0961. The van der Waals surface area contributed by atoms with E-state index in [-0.39, 0.29) is 12.7 Å². The minimum Gasteiger partial charge on any atom is -0.421 e. The predicted octanol–water partition coefficient (Wildman–Crippen LogP) is -0.607. The lowest BCUT2D eigenvalue weighted by atomic mass is 10.3. The lowest BCUT2D eigenvalue weighted by Gasteiger charge is -1.97. The number of carbonyl (C=O) groups excluding carboxylic acids is 1. The Labute approximate surface area is 69.5 Å². The highest BCUT2D eigenvalue weighted by Gasteiger charge is 2.04. The maximum atomic E-state index is 10.8. The smallest absolute Gasteiger partial charge is 0.309 e. The molecule has 6 heteroatoms. The Morgan fingerprint density at radius 1 is 1.75 bits per heavy atom. The van der Waals surface area contributed by atoms with Crippen LogP contribution in [0.2, 0.25) is 0 Å². The van der Waals surface area contributed by atoms with Gasteiger partial charge in [-0.25, -0.2) is 0 Å². The van der Waals surface area contributed by atoms with Gasteiger partial charge in [-0.15, -0.1) is 0 Å². The summed E-state index contributed by atoms with van der Waals surface area (Å²) in [6.45, 7) is 2.02. The van der Waals surface area contributed by atoms with Gasteiger partial charge in [-0.2, -0.15) is 0 Å². The predicted molar refractivity (Wildman–Crippen MR) is 37.6 cm³/mol. The monoisotopic (exact) mass is 171 g/mol. The van der Waals surface area contributed by atoms with Gasteiger partial charge in [0, 0.05) is 6.42 Å². The van der Waals surface area contributed by atoms with Crippen LogP contribution in [0.25, 0.3) is 0 Å². The van der Waals surface area contributed by atoms with Crippen molar-refractivity contribution in [3.63, 3.8) is 0 Å². The molecule has 0 spiro atoms. The summed E-state index contributed by atoms with van der Waals surface area (Å²) >= 11 is 0. The second-order valence-electron chi connectivity index (χ2n) is 2.26. The molecule has 0 aliphatic heterocycles. The van der Waals surface area contributed by atoms with Crippen LogP contribution in [0.5, 0.6) is 0 Å². The first-order chi connectivity index (χ1) is 5.83. The van der Waals surface area contributed by atoms with E-state index in [1.54, 1.807) is 0 Å². The Morgan fingerprint density at radius 3 is 3.17 bits per heavy atom. The molecule has 0 fully saturated rings. The molecule has 0 unspecified atom stereocenters. The molecular formula is C6H11N4O2+. The first-order valence-electron chi connectivity index (χ1n) is 3.74. The number of hydrogen-bond acceptors (Lipinski definition) is 4. The van der Waals surface area contributed by atoms with Crippen LogP contribution in [0.3, 0.4) is 0 Å². The van der Waals surface area contributed by atoms with Crippen molar-refractivity contribution in [1.29, 1.82) is 0 Å². The Balaban J connectivity index is 2.22. The van der Waals surface area contributed by atoms with Gasteiger partial charge in [0.05, 0.1) is 5.10 Å². The van der Waals surface area contributed by atoms with Gasteiger partial charge in [-0.05, 0) is 21.5 Å². The van der Waals surface area contributed by atoms with Crippen LogP contribution in [0.15, 0.2) is 6.33 Å². The third kappa shape index (κ3) is 2.65. The molecule has 1 aromatic heterocycles. The minimum atomic E-state index is -0.221. The van der Waals surface area contributed by atoms with Crippen LogP contribution in [0, 0.1) is 0 Å². The molecule has 0 atom stereocenters. The van der Waals surface area contributed by atoms with Crippen molar-refractivity contribution in [2.45, 2.75) is 26.5 Å². The molecule has 6 nitrogen and oxygen atoms in total. The fourth-order valence-electron chi connectivity index (χ4n) is 0.678. The van der Waals surface area contributed by atoms with Crippen LogP contribution in [0.1, 0.15) is 19.8 Å². The molecule has 66 valence electrons. The summed E-state index contributed by atoms with van der Waals surface area (Å²) in [6, 6.07) is 0. The summed E-state index contributed by atoms with van der Waals surface area (Å²) in [5, 5.41) is 9.82. The van der Waals surface area contributed by atoms with Crippen molar-refractivity contribution in [2.24, 2.45) is 0 Å². The van der Waals surface area contributed by atoms with E-state index < -0.39 is 0 Å². The van der Waals surface area contributed by atoms with E-state index in [2.05, 4.69) is 15.4 Å². The van der Waals surface area contributed by atoms with Crippen molar-refractivity contribution >= 4 is 5.97 Å². The molecule has 0 radical (unpaired) electrons. The summed E-state index contributed by atoms with van der Waals surface area (Å²) < 4.78 is 4.82. The zero-order valence-electron chi connectivity index (χ0n) is 6.86. The average molecular weight is 171 g/mol. The fourth-order valence-corrected chi connectivity index (χ4v) is 0.678. The van der Waals surface area contributed by atoms with Crippen LogP contribution in [-0.2, 0) is 16.3 Å². The van der Waals surface area contributed by atoms with E-state index in [4.69, 9.17) is 4.74 Å². The number of nitrogens with one attached hydrogen (secondary N) is 1. The van der Waals surface area contributed by atoms with E-state index in [1.807, 2.05) is 6.92 Å². The summed E-state index contributed by atoms with van der Waals surface area (Å²) in [7, 11) is 0. The van der Waals surface area contributed by atoms with Crippen LogP contribution in [0.4, 0.5) is 0 Å². The number of aromatic nitrogens is 4. The summed E-state index contributed by atoms with van der Waals surface area (Å²) in [4.78, 5) is 12.2. The molecule has 12 heavy (non-hydrogen) atoms. The zero-order valence-corrected chi connectivity index (χ0v) is 6.86. The van der Waals surface area contributed by atoms with Gasteiger partial charge in [-0.3, -0.25) is 4.79 Å². The molecular weight excluding hydrogens is 160 g/mol. The van der Waals surface area contributed by atoms with Gasteiger partial charge in [0.15, 0.2) is 0 Å². The third-order valence-corrected chi connectivity index (χ3v) is 1.22. The summed E-state index contributed by atoms with van der Waals surface area (Å²) in [6.07, 6.45) is 2.57. The number of nitrogens with zero attached hydrogens (tertiary/aromatic N) is 3. The summed E-state index contributed by atoms with van der Waals surface area (Å²) in [5.74, 6) is -0.221. The molecule has 0 aliphatic carbocycles. The van der Waals surface area contributed by atoms with Crippen LogP contribution < -0.4 is 4.80 Å². The number of tetrazole rings is 1. The van der Waals surface area contributed by atoms with Gasteiger partial charge < -0.3 is 4.74 Å². The average Bonchev–Trinajstić information content (AvgIpc) is 2.53. The quantitative estimate of drug-likeness (QED) is 0.484. The van der Waals surface area contributed by atoms with Gasteiger partial charge in [0.25, 0.3) is 13.1 Å². The molecule has 1 N–H and O–H groups in total. The largest absolute Gasteiger partial charge is 0.421 e. The van der Waals surface area contributed by atoms with Crippen molar-refractivity contribution in [3.05, 3.63) is 6.33 Å². The second kappa shape index (κ2) is 4.42. The molecule has 0 amide bonds. The third-order valence-electron chi connectivity index (χ3n) is 1.22. The standard InChI is InChI=1S/C6H10N4O2/c1-2-3-6(11)12-5-10-8-4-7-9-10/h4H,2-3,5H2,1H3/p+1. The lowest BCUT2D eigenvalue weighted by molar-refractivity contribution is -0.829. The number of hydrogen-bond donors (Lipinski definition) is 1. The Bertz CT molecular complexity index is 234. The topological polar surface area (TPSA) is 71.8 Å². The van der Waals surface area contributed by atoms with E-state index in [1.165, 1.54) is 11.1 Å². The molecule has 1 heterocycles. The molecule has 0 aromatic carbocycles. The molecule has 0 aliphatic rings. The maximum absolute atomic E-state index is 10.8. The second-order valence-corrected chi connectivity index (χ2v) is 2.26. The van der Waals surface area contributed by atoms with E-state index in [9.17, 15) is 4.79 Å². The van der Waals surface area contributed by atoms with Gasteiger partial charge >= 0.3 is 5.97 Å². The number of rotatable bonds is 4. The molecule has 0 bridgehead atoms. The number of esters is 1. The van der Waals surface area contributed by atoms with Crippen molar-refractivity contribution in [3.8, 4) is 0 Å². The number of carbonyl (C=O) groups is 1. The van der Waals surface area contributed by atoms with Crippen molar-refractivity contribution < 1.29 is 14.3 Å². The lowest BCUT2D eigenvalue weighted by Crippen LogP contribution is -2.41. The first-order valence-corrected chi connectivity index (χ1v) is 3.74. The van der Waals surface area contributed by atoms with Gasteiger partial charge in [0.2, 0.25) is 0 Å². The van der Waals surface area contributed by atoms with Crippen molar-refractivity contribution in [2.75, 3.05) is 0 Å². The molecule has 1 rings (SSSR count). The Morgan fingerprint density at radius 2 is 2.58 bits per heavy atom. The highest BCUT2D eigenvalue weighted by Crippen LogP contribution is 1.89. The molecule has 0 saturated carbocycles. The summed E-state index contributed by atoms with van der Waals surface area (Å²) in [5.41, 5.74) is 0. The Hall–Kier alpha value is -1.46. The normalized spacial score (nSPS) is 9.75. The molecule has 1 aromatic rings. The fraction of sp³-hybridized carbons (Fsp3) is 0.667. The van der Waals surface area contributed by atoms with Crippen LogP contribution >= 0.6 is 0 Å². The first kappa shape index (κ1) is 8.63. The maximum Gasteiger partial charge on any atom is 0.309 e. The number of ether oxygens (including phenoxy) is 1. The zero-order chi connectivity index (χ0) is 8.81. The van der Waals surface area contributed by atoms with E-state index in [0.29, 0.717) is 6.42 Å². The van der Waals surface area contributed by atoms with Crippen molar-refractivity contribution in [1.82, 2.24) is 15.4 Å². The van der Waals surface area contributed by atoms with E-state index >= 15 is 0 Å². The van der Waals surface area contributed by atoms with Gasteiger partial charge in [-0.1, -0.05) is 6.92 Å². The number of aromatic amines is 1. The molecule has 0 saturated heterocycles. The van der Waals surface area contributed by atoms with Gasteiger partial charge in [0.1, 0.15) is 0 Å². The highest BCUT2D eigenvalue weighted by molar-refractivity contribution is 5.68. The highest BCUT2D eigenvalue weighted by atomic mass is 16.5. The SMILES string of the molecule is CCCC(=O)OC[n+]1ncn[nH]1. The van der Waals surface area contributed by atoms with E-state index in [0.717, 1.165) is 6.42 Å².